The number of anilines is 1. The van der Waals surface area contributed by atoms with Crippen LogP contribution in [0.4, 0.5) is 10.1 Å². The van der Waals surface area contributed by atoms with Crippen LogP contribution in [-0.2, 0) is 4.79 Å². The Morgan fingerprint density at radius 3 is 2.68 bits per heavy atom. The van der Waals surface area contributed by atoms with Gasteiger partial charge in [0.25, 0.3) is 5.91 Å². The minimum absolute atomic E-state index is 0.163. The van der Waals surface area contributed by atoms with Crippen LogP contribution >= 0.6 is 15.9 Å². The summed E-state index contributed by atoms with van der Waals surface area (Å²) in [7, 11) is 0. The van der Waals surface area contributed by atoms with E-state index in [1.807, 2.05) is 19.1 Å². The highest BCUT2D eigenvalue weighted by Crippen LogP contribution is 2.19. The number of benzene rings is 2. The summed E-state index contributed by atoms with van der Waals surface area (Å²) in [6.45, 7) is 1.85. The minimum atomic E-state index is -0.570. The largest absolute Gasteiger partial charge is 0.321 e. The predicted octanol–water partition coefficient (Wildman–Crippen LogP) is 4.44. The van der Waals surface area contributed by atoms with Crippen molar-refractivity contribution in [3.8, 4) is 6.07 Å². The maximum atomic E-state index is 13.8. The van der Waals surface area contributed by atoms with Crippen LogP contribution in [0.25, 0.3) is 6.08 Å². The van der Waals surface area contributed by atoms with Gasteiger partial charge in [0, 0.05) is 15.7 Å². The van der Waals surface area contributed by atoms with Gasteiger partial charge in [-0.15, -0.1) is 0 Å². The molecule has 1 N–H and O–H groups in total. The molecule has 0 unspecified atom stereocenters. The molecule has 0 spiro atoms. The van der Waals surface area contributed by atoms with E-state index in [-0.39, 0.29) is 11.1 Å². The van der Waals surface area contributed by atoms with Gasteiger partial charge < -0.3 is 5.32 Å². The van der Waals surface area contributed by atoms with E-state index in [0.717, 1.165) is 5.56 Å². The van der Waals surface area contributed by atoms with Crippen molar-refractivity contribution >= 4 is 33.6 Å². The lowest BCUT2D eigenvalue weighted by atomic mass is 10.1. The number of carbonyl (C=O) groups excluding carboxylic acids is 1. The number of nitriles is 1. The van der Waals surface area contributed by atoms with Crippen molar-refractivity contribution in [2.24, 2.45) is 0 Å². The number of rotatable bonds is 3. The number of nitrogens with zero attached hydrogens (tertiary/aromatic N) is 1. The smallest absolute Gasteiger partial charge is 0.266 e. The van der Waals surface area contributed by atoms with E-state index in [1.54, 1.807) is 24.3 Å². The number of carbonyl (C=O) groups is 1. The van der Waals surface area contributed by atoms with E-state index in [1.165, 1.54) is 18.2 Å². The zero-order valence-corrected chi connectivity index (χ0v) is 13.3. The number of amides is 1. The highest BCUT2D eigenvalue weighted by atomic mass is 79.9. The molecule has 2 aromatic carbocycles. The van der Waals surface area contributed by atoms with Crippen LogP contribution in [-0.4, -0.2) is 5.91 Å². The summed E-state index contributed by atoms with van der Waals surface area (Å²) >= 11 is 3.16. The summed E-state index contributed by atoms with van der Waals surface area (Å²) in [5.41, 5.74) is 1.51. The molecule has 2 rings (SSSR count). The van der Waals surface area contributed by atoms with E-state index in [4.69, 9.17) is 5.26 Å². The van der Waals surface area contributed by atoms with Crippen molar-refractivity contribution < 1.29 is 9.18 Å². The molecule has 1 amide bonds. The quantitative estimate of drug-likeness (QED) is 0.651. The van der Waals surface area contributed by atoms with Gasteiger partial charge in [-0.2, -0.15) is 5.26 Å². The average molecular weight is 359 g/mol. The standard InChI is InChI=1S/C17H12BrFN2O/c1-11-4-2-3-5-16(11)21-17(22)13(10-20)8-12-6-7-14(18)9-15(12)19/h2-9H,1H3,(H,21,22)/b13-8+. The van der Waals surface area contributed by atoms with E-state index in [0.29, 0.717) is 10.2 Å². The Morgan fingerprint density at radius 1 is 1.32 bits per heavy atom. The van der Waals surface area contributed by atoms with Crippen LogP contribution < -0.4 is 5.32 Å². The number of hydrogen-bond donors (Lipinski definition) is 1. The molecule has 5 heteroatoms. The third-order valence-electron chi connectivity index (χ3n) is 3.02. The van der Waals surface area contributed by atoms with Crippen molar-refractivity contribution in [1.82, 2.24) is 0 Å². The van der Waals surface area contributed by atoms with Gasteiger partial charge in [0.1, 0.15) is 17.5 Å². The van der Waals surface area contributed by atoms with Gasteiger partial charge in [0.2, 0.25) is 0 Å². The molecule has 0 aliphatic heterocycles. The zero-order chi connectivity index (χ0) is 16.1. The zero-order valence-electron chi connectivity index (χ0n) is 11.7. The van der Waals surface area contributed by atoms with Crippen molar-refractivity contribution in [2.75, 3.05) is 5.32 Å². The third-order valence-corrected chi connectivity index (χ3v) is 3.51. The first-order valence-corrected chi connectivity index (χ1v) is 7.24. The fourth-order valence-corrected chi connectivity index (χ4v) is 2.16. The molecule has 2 aromatic rings. The number of nitrogens with one attached hydrogen (secondary N) is 1. The summed E-state index contributed by atoms with van der Waals surface area (Å²) in [5.74, 6) is -1.08. The van der Waals surface area contributed by atoms with Crippen molar-refractivity contribution in [2.45, 2.75) is 6.92 Å². The Bertz CT molecular complexity index is 793. The van der Waals surface area contributed by atoms with Gasteiger partial charge in [-0.05, 0) is 36.8 Å². The summed E-state index contributed by atoms with van der Waals surface area (Å²) in [6, 6.07) is 13.4. The van der Waals surface area contributed by atoms with Gasteiger partial charge in [0.05, 0.1) is 0 Å². The molecule has 0 bridgehead atoms. The number of hydrogen-bond acceptors (Lipinski definition) is 2. The maximum absolute atomic E-state index is 13.8. The average Bonchev–Trinajstić information content (AvgIpc) is 2.49. The molecule has 0 aliphatic rings. The van der Waals surface area contributed by atoms with E-state index < -0.39 is 11.7 Å². The highest BCUT2D eigenvalue weighted by molar-refractivity contribution is 9.10. The van der Waals surface area contributed by atoms with Crippen LogP contribution in [0.5, 0.6) is 0 Å². The van der Waals surface area contributed by atoms with Crippen LogP contribution in [0.2, 0.25) is 0 Å². The van der Waals surface area contributed by atoms with Crippen molar-refractivity contribution in [3.05, 3.63) is 69.5 Å². The van der Waals surface area contributed by atoms with Crippen molar-refractivity contribution in [1.29, 1.82) is 5.26 Å². The summed E-state index contributed by atoms with van der Waals surface area (Å²) in [6.07, 6.45) is 1.23. The molecule has 110 valence electrons. The minimum Gasteiger partial charge on any atom is -0.321 e. The summed E-state index contributed by atoms with van der Waals surface area (Å²) in [4.78, 5) is 12.1. The molecule has 3 nitrogen and oxygen atoms in total. The van der Waals surface area contributed by atoms with Crippen LogP contribution in [0, 0.1) is 24.1 Å². The van der Waals surface area contributed by atoms with E-state index in [2.05, 4.69) is 21.2 Å². The Kier molecular flexibility index (Phi) is 5.08. The van der Waals surface area contributed by atoms with E-state index >= 15 is 0 Å². The van der Waals surface area contributed by atoms with Gasteiger partial charge in [0.15, 0.2) is 0 Å². The van der Waals surface area contributed by atoms with E-state index in [9.17, 15) is 9.18 Å². The molecular formula is C17H12BrFN2O. The summed E-state index contributed by atoms with van der Waals surface area (Å²) in [5, 5.41) is 11.8. The fourth-order valence-electron chi connectivity index (χ4n) is 1.83. The van der Waals surface area contributed by atoms with Gasteiger partial charge >= 0.3 is 0 Å². The second kappa shape index (κ2) is 7.01. The van der Waals surface area contributed by atoms with Crippen LogP contribution in [0.3, 0.4) is 0 Å². The van der Waals surface area contributed by atoms with Gasteiger partial charge in [-0.25, -0.2) is 4.39 Å². The lowest BCUT2D eigenvalue weighted by Crippen LogP contribution is -2.14. The monoisotopic (exact) mass is 358 g/mol. The first-order valence-electron chi connectivity index (χ1n) is 6.45. The Morgan fingerprint density at radius 2 is 2.05 bits per heavy atom. The Hall–Kier alpha value is -2.45. The third kappa shape index (κ3) is 3.80. The lowest BCUT2D eigenvalue weighted by molar-refractivity contribution is -0.112. The molecule has 0 heterocycles. The van der Waals surface area contributed by atoms with Gasteiger partial charge in [-0.3, -0.25) is 4.79 Å². The molecule has 0 aromatic heterocycles. The molecule has 0 saturated carbocycles. The topological polar surface area (TPSA) is 52.9 Å². The fraction of sp³-hybridized carbons (Fsp3) is 0.0588. The molecule has 0 radical (unpaired) electrons. The number of halogens is 2. The Labute approximate surface area is 136 Å². The normalized spacial score (nSPS) is 10.9. The second-order valence-corrected chi connectivity index (χ2v) is 5.52. The SMILES string of the molecule is Cc1ccccc1NC(=O)/C(C#N)=C/c1ccc(Br)cc1F. The highest BCUT2D eigenvalue weighted by Gasteiger charge is 2.12. The maximum Gasteiger partial charge on any atom is 0.266 e. The molecule has 0 saturated heterocycles. The van der Waals surface area contributed by atoms with Crippen LogP contribution in [0.15, 0.2) is 52.5 Å². The predicted molar refractivity (Wildman–Crippen MR) is 87.5 cm³/mol. The first-order chi connectivity index (χ1) is 10.5. The van der Waals surface area contributed by atoms with Gasteiger partial charge in [-0.1, -0.05) is 40.2 Å². The molecular weight excluding hydrogens is 347 g/mol. The number of para-hydroxylation sites is 1. The lowest BCUT2D eigenvalue weighted by Gasteiger charge is -2.07. The Balaban J connectivity index is 2.28. The number of aryl methyl sites for hydroxylation is 1. The molecule has 0 atom stereocenters. The van der Waals surface area contributed by atoms with Crippen molar-refractivity contribution in [3.63, 3.8) is 0 Å². The first kappa shape index (κ1) is 15.9. The molecule has 0 aliphatic carbocycles. The molecule has 22 heavy (non-hydrogen) atoms. The van der Waals surface area contributed by atoms with Crippen LogP contribution in [0.1, 0.15) is 11.1 Å². The molecule has 0 fully saturated rings. The summed E-state index contributed by atoms with van der Waals surface area (Å²) < 4.78 is 14.4. The second-order valence-electron chi connectivity index (χ2n) is 4.60.